The Bertz CT molecular complexity index is 812. The number of nitrogens with one attached hydrogen (secondary N) is 2. The molecule has 10 heteroatoms. The number of thiazole rings is 1. The average Bonchev–Trinajstić information content (AvgIpc) is 3.17. The maximum atomic E-state index is 12.7. The smallest absolute Gasteiger partial charge is 0.354 e. The highest BCUT2D eigenvalue weighted by Gasteiger charge is 2.33. The lowest BCUT2D eigenvalue weighted by Crippen LogP contribution is -2.51. The van der Waals surface area contributed by atoms with Crippen molar-refractivity contribution >= 4 is 41.3 Å². The van der Waals surface area contributed by atoms with Gasteiger partial charge in [0.1, 0.15) is 5.01 Å². The van der Waals surface area contributed by atoms with Gasteiger partial charge in [0.05, 0.1) is 6.54 Å². The minimum absolute atomic E-state index is 0. The number of benzene rings is 1. The van der Waals surface area contributed by atoms with Crippen LogP contribution in [0, 0.1) is 0 Å². The Kier molecular flexibility index (Phi) is 9.35. The number of aliphatic imine (C=N–C) groups is 1. The topological polar surface area (TPSA) is 52.6 Å². The molecule has 1 aromatic heterocycles. The van der Waals surface area contributed by atoms with Gasteiger partial charge in [0, 0.05) is 37.6 Å². The Morgan fingerprint density at radius 1 is 1.30 bits per heavy atom. The minimum atomic E-state index is -4.40. The van der Waals surface area contributed by atoms with Crippen LogP contribution in [0.1, 0.15) is 36.0 Å². The number of alkyl halides is 3. The maximum absolute atomic E-state index is 12.7. The molecule has 0 radical (unpaired) electrons. The molecule has 3 rings (SSSR count). The molecule has 0 spiro atoms. The van der Waals surface area contributed by atoms with Crippen molar-refractivity contribution in [2.75, 3.05) is 13.6 Å². The van der Waals surface area contributed by atoms with E-state index >= 15 is 0 Å². The molecular weight excluding hydrogens is 526 g/mol. The first-order chi connectivity index (χ1) is 13.8. The molecule has 2 aromatic rings. The second-order valence-corrected chi connectivity index (χ2v) is 8.16. The van der Waals surface area contributed by atoms with E-state index in [0.29, 0.717) is 17.0 Å². The van der Waals surface area contributed by atoms with E-state index in [0.717, 1.165) is 42.6 Å². The third kappa shape index (κ3) is 7.09. The lowest BCUT2D eigenvalue weighted by molar-refractivity contribution is -0.140. The van der Waals surface area contributed by atoms with E-state index in [1.807, 2.05) is 6.07 Å². The first kappa shape index (κ1) is 24.9. The number of guanidine groups is 1. The lowest BCUT2D eigenvalue weighted by Gasteiger charge is -2.38. The zero-order chi connectivity index (χ0) is 20.9. The largest absolute Gasteiger partial charge is 0.434 e. The molecule has 5 nitrogen and oxygen atoms in total. The monoisotopic (exact) mass is 553 g/mol. The molecule has 2 heterocycles. The van der Waals surface area contributed by atoms with Crippen molar-refractivity contribution in [3.63, 3.8) is 0 Å². The minimum Gasteiger partial charge on any atom is -0.354 e. The Morgan fingerprint density at radius 3 is 2.63 bits per heavy atom. The third-order valence-corrected chi connectivity index (χ3v) is 5.90. The van der Waals surface area contributed by atoms with Crippen molar-refractivity contribution in [1.82, 2.24) is 20.5 Å². The number of halogens is 4. The highest BCUT2D eigenvalue weighted by atomic mass is 127. The summed E-state index contributed by atoms with van der Waals surface area (Å²) in [5.74, 6) is 0.586. The van der Waals surface area contributed by atoms with Crippen LogP contribution in [-0.2, 0) is 19.3 Å². The second-order valence-electron chi connectivity index (χ2n) is 7.22. The second kappa shape index (κ2) is 11.3. The van der Waals surface area contributed by atoms with Crippen LogP contribution in [0.3, 0.4) is 0 Å². The Labute approximate surface area is 196 Å². The van der Waals surface area contributed by atoms with Crippen LogP contribution in [0.25, 0.3) is 0 Å². The van der Waals surface area contributed by atoms with E-state index in [9.17, 15) is 13.2 Å². The molecule has 1 aliphatic heterocycles. The molecule has 1 aliphatic rings. The normalized spacial score (nSPS) is 20.5. The molecule has 0 aliphatic carbocycles. The standard InChI is InChI=1S/C20H26F3N5S.HI/c1-14-10-16(8-9-28(14)12-15-6-4-3-5-7-15)26-19(24-2)25-11-18-27-17(13-29-18)20(21,22)23;/h3-7,13-14,16H,8-12H2,1-2H3,(H2,24,25,26);1H. The zero-order valence-electron chi connectivity index (χ0n) is 16.9. The van der Waals surface area contributed by atoms with E-state index in [2.05, 4.69) is 56.7 Å². The first-order valence-corrected chi connectivity index (χ1v) is 10.5. The predicted molar refractivity (Wildman–Crippen MR) is 125 cm³/mol. The van der Waals surface area contributed by atoms with E-state index in [1.54, 1.807) is 7.05 Å². The van der Waals surface area contributed by atoms with Crippen LogP contribution in [0.2, 0.25) is 0 Å². The Morgan fingerprint density at radius 2 is 2.03 bits per heavy atom. The van der Waals surface area contributed by atoms with Crippen molar-refractivity contribution < 1.29 is 13.2 Å². The van der Waals surface area contributed by atoms with Gasteiger partial charge in [-0.05, 0) is 25.3 Å². The van der Waals surface area contributed by atoms with E-state index in [1.165, 1.54) is 5.56 Å². The molecule has 0 saturated carbocycles. The van der Waals surface area contributed by atoms with Crippen molar-refractivity contribution in [1.29, 1.82) is 0 Å². The number of rotatable bonds is 5. The van der Waals surface area contributed by atoms with E-state index in [4.69, 9.17) is 0 Å². The van der Waals surface area contributed by atoms with Gasteiger partial charge in [-0.25, -0.2) is 4.98 Å². The van der Waals surface area contributed by atoms with Crippen LogP contribution in [0.5, 0.6) is 0 Å². The summed E-state index contributed by atoms with van der Waals surface area (Å²) >= 11 is 0.993. The number of likely N-dealkylation sites (tertiary alicyclic amines) is 1. The summed E-state index contributed by atoms with van der Waals surface area (Å²) in [7, 11) is 1.66. The van der Waals surface area contributed by atoms with Crippen molar-refractivity contribution in [2.24, 2.45) is 4.99 Å². The molecule has 1 fully saturated rings. The molecule has 0 bridgehead atoms. The van der Waals surface area contributed by atoms with Gasteiger partial charge >= 0.3 is 6.18 Å². The van der Waals surface area contributed by atoms with E-state index in [-0.39, 0.29) is 36.6 Å². The molecule has 2 atom stereocenters. The fraction of sp³-hybridized carbons (Fsp3) is 0.500. The molecule has 166 valence electrons. The van der Waals surface area contributed by atoms with Gasteiger partial charge in [0.2, 0.25) is 0 Å². The van der Waals surface area contributed by atoms with Gasteiger partial charge in [-0.15, -0.1) is 35.3 Å². The Hall–Kier alpha value is -1.40. The summed E-state index contributed by atoms with van der Waals surface area (Å²) in [6.45, 7) is 4.35. The molecule has 0 amide bonds. The van der Waals surface area contributed by atoms with Gasteiger partial charge in [0.25, 0.3) is 0 Å². The van der Waals surface area contributed by atoms with Gasteiger partial charge in [-0.2, -0.15) is 13.2 Å². The third-order valence-electron chi connectivity index (χ3n) is 5.06. The molecule has 1 saturated heterocycles. The van der Waals surface area contributed by atoms with Crippen molar-refractivity contribution in [2.45, 2.75) is 51.1 Å². The molecule has 2 unspecified atom stereocenters. The first-order valence-electron chi connectivity index (χ1n) is 9.62. The fourth-order valence-electron chi connectivity index (χ4n) is 3.47. The van der Waals surface area contributed by atoms with Gasteiger partial charge in [-0.1, -0.05) is 30.3 Å². The molecular formula is C20H27F3IN5S. The fourth-order valence-corrected chi connectivity index (χ4v) is 4.21. The predicted octanol–water partition coefficient (Wildman–Crippen LogP) is 4.50. The highest BCUT2D eigenvalue weighted by Crippen LogP contribution is 2.29. The van der Waals surface area contributed by atoms with Gasteiger partial charge in [0.15, 0.2) is 11.7 Å². The number of nitrogens with zero attached hydrogens (tertiary/aromatic N) is 3. The van der Waals surface area contributed by atoms with Gasteiger partial charge in [-0.3, -0.25) is 9.89 Å². The summed E-state index contributed by atoms with van der Waals surface area (Å²) in [6, 6.07) is 11.1. The summed E-state index contributed by atoms with van der Waals surface area (Å²) in [5, 5.41) is 7.88. The summed E-state index contributed by atoms with van der Waals surface area (Å²) in [4.78, 5) is 10.3. The average molecular weight is 553 g/mol. The van der Waals surface area contributed by atoms with Crippen LogP contribution < -0.4 is 10.6 Å². The quantitative estimate of drug-likeness (QED) is 0.326. The molecule has 1 aromatic carbocycles. The van der Waals surface area contributed by atoms with Crippen LogP contribution in [-0.4, -0.2) is 41.5 Å². The number of piperidine rings is 1. The maximum Gasteiger partial charge on any atom is 0.434 e. The van der Waals surface area contributed by atoms with Crippen LogP contribution in [0.4, 0.5) is 13.2 Å². The van der Waals surface area contributed by atoms with Crippen LogP contribution in [0.15, 0.2) is 40.7 Å². The molecule has 2 N–H and O–H groups in total. The lowest BCUT2D eigenvalue weighted by atomic mass is 9.97. The Balaban J connectivity index is 0.00000320. The number of aromatic nitrogens is 1. The number of hydrogen-bond acceptors (Lipinski definition) is 4. The van der Waals surface area contributed by atoms with Crippen LogP contribution >= 0.6 is 35.3 Å². The van der Waals surface area contributed by atoms with Gasteiger partial charge < -0.3 is 10.6 Å². The summed E-state index contributed by atoms with van der Waals surface area (Å²) in [6.07, 6.45) is -2.45. The zero-order valence-corrected chi connectivity index (χ0v) is 20.1. The summed E-state index contributed by atoms with van der Waals surface area (Å²) < 4.78 is 38.0. The summed E-state index contributed by atoms with van der Waals surface area (Å²) in [5.41, 5.74) is 0.465. The van der Waals surface area contributed by atoms with Crippen molar-refractivity contribution in [3.05, 3.63) is 52.0 Å². The molecule has 30 heavy (non-hydrogen) atoms. The van der Waals surface area contributed by atoms with E-state index < -0.39 is 11.9 Å². The number of hydrogen-bond donors (Lipinski definition) is 2. The highest BCUT2D eigenvalue weighted by molar-refractivity contribution is 14.0. The van der Waals surface area contributed by atoms with Crippen molar-refractivity contribution in [3.8, 4) is 0 Å². The SMILES string of the molecule is CN=C(NCc1nc(C(F)(F)F)cs1)NC1CCN(Cc2ccccc2)C(C)C1.I.